The Morgan fingerprint density at radius 3 is 2.65 bits per heavy atom. The van der Waals surface area contributed by atoms with E-state index in [-0.39, 0.29) is 35.9 Å². The molecule has 3 rings (SSSR count). The standard InChI is InChI=1S/C15H21ClN4O5S/c1-8(5-23-26(21)22)11-12(25-15(3,4)24-11)9(2)20-7-19-10-13(16)17-6-18-14(10)20/h6-9,11-12,26H,5H2,1-4H3/t8-,9-,11-,12+/m1/s1. The molecule has 0 aliphatic carbocycles. The largest absolute Gasteiger partial charge is 0.344 e. The minimum Gasteiger partial charge on any atom is -0.344 e. The van der Waals surface area contributed by atoms with E-state index in [1.165, 1.54) is 6.33 Å². The number of rotatable bonds is 6. The van der Waals surface area contributed by atoms with Crippen LogP contribution in [0.5, 0.6) is 0 Å². The number of ether oxygens (including phenoxy) is 2. The summed E-state index contributed by atoms with van der Waals surface area (Å²) in [5.41, 5.74) is 1.10. The number of hydrogen-bond donors (Lipinski definition) is 1. The maximum Gasteiger partial charge on any atom is 0.257 e. The smallest absolute Gasteiger partial charge is 0.257 e. The van der Waals surface area contributed by atoms with Crippen molar-refractivity contribution in [2.45, 2.75) is 51.7 Å². The molecule has 3 heterocycles. The summed E-state index contributed by atoms with van der Waals surface area (Å²) in [4.78, 5) is 12.5. The molecule has 1 saturated heterocycles. The van der Waals surface area contributed by atoms with Gasteiger partial charge in [0.05, 0.1) is 25.1 Å². The Bertz CT molecular complexity index is 863. The summed E-state index contributed by atoms with van der Waals surface area (Å²) in [6, 6.07) is -0.193. The fourth-order valence-corrected chi connectivity index (χ4v) is 3.72. The minimum atomic E-state index is -2.91. The van der Waals surface area contributed by atoms with Crippen molar-refractivity contribution in [2.75, 3.05) is 6.61 Å². The fraction of sp³-hybridized carbons (Fsp3) is 0.667. The van der Waals surface area contributed by atoms with Crippen molar-refractivity contribution < 1.29 is 22.1 Å². The summed E-state index contributed by atoms with van der Waals surface area (Å²) >= 11 is 6.07. The maximum absolute atomic E-state index is 10.7. The van der Waals surface area contributed by atoms with Crippen LogP contribution in [0.2, 0.25) is 5.15 Å². The molecule has 1 fully saturated rings. The van der Waals surface area contributed by atoms with Gasteiger partial charge in [-0.25, -0.2) is 23.4 Å². The van der Waals surface area contributed by atoms with E-state index in [1.54, 1.807) is 6.33 Å². The molecule has 0 unspecified atom stereocenters. The highest BCUT2D eigenvalue weighted by Gasteiger charge is 2.47. The van der Waals surface area contributed by atoms with Gasteiger partial charge in [0.1, 0.15) is 17.9 Å². The molecule has 144 valence electrons. The van der Waals surface area contributed by atoms with Gasteiger partial charge in [-0.05, 0) is 20.8 Å². The number of imidazole rings is 1. The molecule has 9 nitrogen and oxygen atoms in total. The highest BCUT2D eigenvalue weighted by atomic mass is 35.5. The van der Waals surface area contributed by atoms with Crippen LogP contribution in [0.3, 0.4) is 0 Å². The summed E-state index contributed by atoms with van der Waals surface area (Å²) in [6.45, 7) is 7.48. The van der Waals surface area contributed by atoms with Crippen molar-refractivity contribution in [3.8, 4) is 0 Å². The lowest BCUT2D eigenvalue weighted by Gasteiger charge is -2.27. The van der Waals surface area contributed by atoms with E-state index in [1.807, 2.05) is 32.3 Å². The lowest BCUT2D eigenvalue weighted by Crippen LogP contribution is -2.37. The lowest BCUT2D eigenvalue weighted by atomic mass is 9.96. The minimum absolute atomic E-state index is 0.0186. The Kier molecular flexibility index (Phi) is 5.50. The van der Waals surface area contributed by atoms with Crippen molar-refractivity contribution in [1.82, 2.24) is 19.5 Å². The van der Waals surface area contributed by atoms with Crippen LogP contribution < -0.4 is 0 Å². The van der Waals surface area contributed by atoms with Gasteiger partial charge in [0.15, 0.2) is 16.6 Å². The van der Waals surface area contributed by atoms with Crippen LogP contribution in [-0.2, 0) is 24.6 Å². The first-order valence-electron chi connectivity index (χ1n) is 8.15. The third-order valence-corrected chi connectivity index (χ3v) is 5.03. The van der Waals surface area contributed by atoms with Crippen LogP contribution in [0, 0.1) is 5.92 Å². The second kappa shape index (κ2) is 7.35. The molecule has 26 heavy (non-hydrogen) atoms. The quantitative estimate of drug-likeness (QED) is 0.573. The van der Waals surface area contributed by atoms with Crippen LogP contribution in [0.4, 0.5) is 0 Å². The Hall–Kier alpha value is -1.33. The molecule has 11 heteroatoms. The topological polar surface area (TPSA) is 105 Å². The van der Waals surface area contributed by atoms with Crippen molar-refractivity contribution in [3.63, 3.8) is 0 Å². The van der Waals surface area contributed by atoms with E-state index in [2.05, 4.69) is 15.0 Å². The van der Waals surface area contributed by atoms with Crippen LogP contribution in [-0.4, -0.2) is 52.5 Å². The highest BCUT2D eigenvalue weighted by molar-refractivity contribution is 7.67. The van der Waals surface area contributed by atoms with Crippen LogP contribution in [0.1, 0.15) is 33.7 Å². The number of aromatic nitrogens is 4. The molecule has 0 spiro atoms. The van der Waals surface area contributed by atoms with Crippen molar-refractivity contribution >= 4 is 33.7 Å². The van der Waals surface area contributed by atoms with Gasteiger partial charge in [0, 0.05) is 5.92 Å². The molecule has 4 atom stereocenters. The van der Waals surface area contributed by atoms with E-state index in [9.17, 15) is 8.42 Å². The van der Waals surface area contributed by atoms with Gasteiger partial charge in [-0.15, -0.1) is 0 Å². The maximum atomic E-state index is 10.7. The summed E-state index contributed by atoms with van der Waals surface area (Å²) in [5, 5.41) is 0.280. The molecule has 0 N–H and O–H groups in total. The zero-order valence-corrected chi connectivity index (χ0v) is 16.5. The van der Waals surface area contributed by atoms with E-state index in [4.69, 9.17) is 25.3 Å². The van der Waals surface area contributed by atoms with E-state index >= 15 is 0 Å². The number of halogens is 1. The van der Waals surface area contributed by atoms with E-state index in [0.717, 1.165) is 0 Å². The monoisotopic (exact) mass is 404 g/mol. The molecule has 0 radical (unpaired) electrons. The second-order valence-electron chi connectivity index (χ2n) is 6.79. The summed E-state index contributed by atoms with van der Waals surface area (Å²) in [5.74, 6) is -1.01. The molecule has 1 aliphatic heterocycles. The summed E-state index contributed by atoms with van der Waals surface area (Å²) in [6.07, 6.45) is 2.28. The molecular weight excluding hydrogens is 384 g/mol. The van der Waals surface area contributed by atoms with Gasteiger partial charge >= 0.3 is 0 Å². The first kappa shape index (κ1) is 19.4. The Balaban J connectivity index is 1.89. The third kappa shape index (κ3) is 3.84. The van der Waals surface area contributed by atoms with Crippen molar-refractivity contribution in [3.05, 3.63) is 17.8 Å². The average Bonchev–Trinajstić information content (AvgIpc) is 3.13. The van der Waals surface area contributed by atoms with Crippen LogP contribution >= 0.6 is 11.6 Å². The first-order chi connectivity index (χ1) is 12.2. The van der Waals surface area contributed by atoms with Gasteiger partial charge in [-0.1, -0.05) is 18.5 Å². The van der Waals surface area contributed by atoms with Crippen molar-refractivity contribution in [2.24, 2.45) is 5.92 Å². The number of hydrogen-bond acceptors (Lipinski definition) is 8. The molecule has 1 aliphatic rings. The van der Waals surface area contributed by atoms with E-state index in [0.29, 0.717) is 11.2 Å². The molecule has 0 amide bonds. The Labute approximate surface area is 157 Å². The SMILES string of the molecule is C[C@H](CO[SH](=O)=O)[C@H]1OC(C)(C)O[C@H]1[C@@H](C)n1cnc2c(Cl)ncnc21. The number of fused-ring (bicyclic) bond motifs is 1. The lowest BCUT2D eigenvalue weighted by molar-refractivity contribution is -0.153. The predicted molar refractivity (Wildman–Crippen MR) is 94.3 cm³/mol. The molecule has 0 bridgehead atoms. The zero-order chi connectivity index (χ0) is 19.1. The van der Waals surface area contributed by atoms with Gasteiger partial charge in [-0.3, -0.25) is 4.18 Å². The number of thiol groups is 1. The van der Waals surface area contributed by atoms with Crippen molar-refractivity contribution in [1.29, 1.82) is 0 Å². The van der Waals surface area contributed by atoms with Gasteiger partial charge in [0.2, 0.25) is 0 Å². The zero-order valence-electron chi connectivity index (χ0n) is 14.8. The fourth-order valence-electron chi connectivity index (χ4n) is 3.18. The van der Waals surface area contributed by atoms with Gasteiger partial charge in [0.25, 0.3) is 11.0 Å². The van der Waals surface area contributed by atoms with Crippen LogP contribution in [0.25, 0.3) is 11.2 Å². The summed E-state index contributed by atoms with van der Waals surface area (Å²) < 4.78 is 40.2. The molecular formula is C15H21ClN4O5S. The predicted octanol–water partition coefficient (Wildman–Crippen LogP) is 1.74. The Morgan fingerprint density at radius 1 is 1.27 bits per heavy atom. The molecule has 2 aromatic rings. The second-order valence-corrected chi connectivity index (χ2v) is 7.85. The Morgan fingerprint density at radius 2 is 1.96 bits per heavy atom. The first-order valence-corrected chi connectivity index (χ1v) is 9.63. The number of nitrogens with zero attached hydrogens (tertiary/aromatic N) is 4. The normalized spacial score (nSPS) is 25.0. The summed E-state index contributed by atoms with van der Waals surface area (Å²) in [7, 11) is -2.91. The molecule has 2 aromatic heterocycles. The van der Waals surface area contributed by atoms with Gasteiger partial charge < -0.3 is 14.0 Å². The highest BCUT2D eigenvalue weighted by Crippen LogP contribution is 2.38. The van der Waals surface area contributed by atoms with Crippen LogP contribution in [0.15, 0.2) is 12.7 Å². The molecule has 0 saturated carbocycles. The van der Waals surface area contributed by atoms with Gasteiger partial charge in [-0.2, -0.15) is 0 Å². The molecule has 0 aromatic carbocycles. The average molecular weight is 405 g/mol. The van der Waals surface area contributed by atoms with E-state index < -0.39 is 16.8 Å². The third-order valence-electron chi connectivity index (χ3n) is 4.40.